The summed E-state index contributed by atoms with van der Waals surface area (Å²) in [5, 5.41) is 0. The Hall–Kier alpha value is -0.550. The number of halogens is 1. The highest BCUT2D eigenvalue weighted by Crippen LogP contribution is 2.31. The van der Waals surface area contributed by atoms with Crippen LogP contribution in [0.3, 0.4) is 0 Å². The van der Waals surface area contributed by atoms with Crippen LogP contribution >= 0.6 is 15.9 Å². The second kappa shape index (κ2) is 3.24. The van der Waals surface area contributed by atoms with Gasteiger partial charge in [0.25, 0.3) is 0 Å². The highest BCUT2D eigenvalue weighted by Gasteiger charge is 2.25. The molecule has 1 aromatic rings. The summed E-state index contributed by atoms with van der Waals surface area (Å²) in [6.07, 6.45) is 2.03. The lowest BCUT2D eigenvalue weighted by Gasteiger charge is -2.16. The van der Waals surface area contributed by atoms with E-state index in [0.717, 1.165) is 22.1 Å². The van der Waals surface area contributed by atoms with Crippen molar-refractivity contribution in [3.63, 3.8) is 0 Å². The lowest BCUT2D eigenvalue weighted by atomic mass is 10.2. The molecule has 0 saturated carbocycles. The van der Waals surface area contributed by atoms with E-state index in [2.05, 4.69) is 15.9 Å². The molecule has 0 aromatic heterocycles. The van der Waals surface area contributed by atoms with Crippen molar-refractivity contribution >= 4 is 31.6 Å². The summed E-state index contributed by atoms with van der Waals surface area (Å²) in [6, 6.07) is 5.68. The fourth-order valence-corrected chi connectivity index (χ4v) is 3.05. The van der Waals surface area contributed by atoms with Gasteiger partial charge in [-0.2, -0.15) is 0 Å². The summed E-state index contributed by atoms with van der Waals surface area (Å²) < 4.78 is 25.2. The first-order chi connectivity index (χ1) is 6.48. The maximum atomic E-state index is 11.4. The predicted molar refractivity (Wildman–Crippen MR) is 60.0 cm³/mol. The van der Waals surface area contributed by atoms with Crippen molar-refractivity contribution in [3.05, 3.63) is 28.2 Å². The highest BCUT2D eigenvalue weighted by molar-refractivity contribution is 9.10. The molecule has 0 aliphatic carbocycles. The second-order valence-corrected chi connectivity index (χ2v) is 6.18. The SMILES string of the molecule is CS(=O)(=O)N1CCc2cc(Br)ccc21. The van der Waals surface area contributed by atoms with Crippen LogP contribution in [-0.2, 0) is 16.4 Å². The molecular weight excluding hydrogens is 266 g/mol. The third-order valence-corrected chi connectivity index (χ3v) is 3.97. The Morgan fingerprint density at radius 2 is 2.14 bits per heavy atom. The number of sulfonamides is 1. The summed E-state index contributed by atoms with van der Waals surface area (Å²) in [4.78, 5) is 0. The van der Waals surface area contributed by atoms with Crippen LogP contribution in [0.4, 0.5) is 5.69 Å². The van der Waals surface area contributed by atoms with E-state index in [1.807, 2.05) is 18.2 Å². The van der Waals surface area contributed by atoms with E-state index < -0.39 is 10.0 Å². The molecule has 0 bridgehead atoms. The van der Waals surface area contributed by atoms with Gasteiger partial charge in [-0.15, -0.1) is 0 Å². The monoisotopic (exact) mass is 275 g/mol. The van der Waals surface area contributed by atoms with Crippen molar-refractivity contribution in [1.29, 1.82) is 0 Å². The van der Waals surface area contributed by atoms with Crippen molar-refractivity contribution in [2.45, 2.75) is 6.42 Å². The Bertz CT molecular complexity index is 470. The fraction of sp³-hybridized carbons (Fsp3) is 0.333. The summed E-state index contributed by atoms with van der Waals surface area (Å²) in [6.45, 7) is 0.560. The molecule has 0 unspecified atom stereocenters. The zero-order chi connectivity index (χ0) is 10.3. The van der Waals surface area contributed by atoms with Crippen LogP contribution in [0.15, 0.2) is 22.7 Å². The van der Waals surface area contributed by atoms with E-state index in [1.165, 1.54) is 10.6 Å². The Balaban J connectivity index is 2.51. The van der Waals surface area contributed by atoms with Crippen molar-refractivity contribution in [1.82, 2.24) is 0 Å². The van der Waals surface area contributed by atoms with Crippen molar-refractivity contribution in [2.24, 2.45) is 0 Å². The molecular formula is C9H10BrNO2S. The maximum Gasteiger partial charge on any atom is 0.232 e. The molecule has 76 valence electrons. The fourth-order valence-electron chi connectivity index (χ4n) is 1.68. The minimum absolute atomic E-state index is 0.560. The topological polar surface area (TPSA) is 37.4 Å². The van der Waals surface area contributed by atoms with Crippen molar-refractivity contribution in [3.8, 4) is 0 Å². The number of anilines is 1. The van der Waals surface area contributed by atoms with Gasteiger partial charge in [0.15, 0.2) is 0 Å². The lowest BCUT2D eigenvalue weighted by Crippen LogP contribution is -2.27. The van der Waals surface area contributed by atoms with Gasteiger partial charge in [-0.1, -0.05) is 15.9 Å². The van der Waals surface area contributed by atoms with E-state index in [0.29, 0.717) is 6.54 Å². The number of hydrogen-bond donors (Lipinski definition) is 0. The van der Waals surface area contributed by atoms with Crippen LogP contribution in [0, 0.1) is 0 Å². The minimum Gasteiger partial charge on any atom is -0.270 e. The average Bonchev–Trinajstić information content (AvgIpc) is 2.45. The molecule has 0 fully saturated rings. The molecule has 5 heteroatoms. The highest BCUT2D eigenvalue weighted by atomic mass is 79.9. The van der Waals surface area contributed by atoms with Gasteiger partial charge >= 0.3 is 0 Å². The number of nitrogens with zero attached hydrogens (tertiary/aromatic N) is 1. The quantitative estimate of drug-likeness (QED) is 0.784. The first kappa shape index (κ1) is 9.98. The van der Waals surface area contributed by atoms with Gasteiger partial charge in [0, 0.05) is 11.0 Å². The molecule has 0 radical (unpaired) electrons. The van der Waals surface area contributed by atoms with E-state index >= 15 is 0 Å². The Labute approximate surface area is 91.9 Å². The second-order valence-electron chi connectivity index (χ2n) is 3.36. The maximum absolute atomic E-state index is 11.4. The zero-order valence-corrected chi connectivity index (χ0v) is 10.1. The summed E-state index contributed by atoms with van der Waals surface area (Å²) in [5.74, 6) is 0. The summed E-state index contributed by atoms with van der Waals surface area (Å²) in [7, 11) is -3.11. The zero-order valence-electron chi connectivity index (χ0n) is 7.70. The van der Waals surface area contributed by atoms with E-state index in [4.69, 9.17) is 0 Å². The van der Waals surface area contributed by atoms with Crippen molar-refractivity contribution < 1.29 is 8.42 Å². The molecule has 2 rings (SSSR count). The van der Waals surface area contributed by atoms with Crippen LogP contribution in [0.25, 0.3) is 0 Å². The number of fused-ring (bicyclic) bond motifs is 1. The molecule has 0 saturated heterocycles. The summed E-state index contributed by atoms with van der Waals surface area (Å²) >= 11 is 3.37. The number of benzene rings is 1. The molecule has 14 heavy (non-hydrogen) atoms. The lowest BCUT2D eigenvalue weighted by molar-refractivity contribution is 0.598. The standard InChI is InChI=1S/C9H10BrNO2S/c1-14(12,13)11-5-4-7-6-8(10)2-3-9(7)11/h2-3,6H,4-5H2,1H3. The molecule has 0 spiro atoms. The van der Waals surface area contributed by atoms with Gasteiger partial charge in [-0.3, -0.25) is 4.31 Å². The predicted octanol–water partition coefficient (Wildman–Crippen LogP) is 1.77. The van der Waals surface area contributed by atoms with E-state index in [1.54, 1.807) is 0 Å². The Morgan fingerprint density at radius 3 is 2.79 bits per heavy atom. The Kier molecular flexibility index (Phi) is 2.31. The molecule has 0 N–H and O–H groups in total. The van der Waals surface area contributed by atoms with Crippen LogP contribution in [0.2, 0.25) is 0 Å². The average molecular weight is 276 g/mol. The van der Waals surface area contributed by atoms with E-state index in [-0.39, 0.29) is 0 Å². The molecule has 0 amide bonds. The van der Waals surface area contributed by atoms with Gasteiger partial charge in [-0.25, -0.2) is 8.42 Å². The van der Waals surface area contributed by atoms with Crippen LogP contribution < -0.4 is 4.31 Å². The van der Waals surface area contributed by atoms with Crippen molar-refractivity contribution in [2.75, 3.05) is 17.1 Å². The first-order valence-corrected chi connectivity index (χ1v) is 6.89. The Morgan fingerprint density at radius 1 is 1.43 bits per heavy atom. The molecule has 1 aliphatic rings. The van der Waals surface area contributed by atoms with Gasteiger partial charge < -0.3 is 0 Å². The van der Waals surface area contributed by atoms with Gasteiger partial charge in [0.2, 0.25) is 10.0 Å². The minimum atomic E-state index is -3.11. The number of hydrogen-bond acceptors (Lipinski definition) is 2. The van der Waals surface area contributed by atoms with Gasteiger partial charge in [-0.05, 0) is 30.2 Å². The molecule has 1 heterocycles. The summed E-state index contributed by atoms with van der Waals surface area (Å²) in [5.41, 5.74) is 1.90. The number of rotatable bonds is 1. The first-order valence-electron chi connectivity index (χ1n) is 4.24. The molecule has 1 aliphatic heterocycles. The van der Waals surface area contributed by atoms with E-state index in [9.17, 15) is 8.42 Å². The van der Waals surface area contributed by atoms with Gasteiger partial charge in [0.1, 0.15) is 0 Å². The molecule has 0 atom stereocenters. The van der Waals surface area contributed by atoms with Crippen LogP contribution in [-0.4, -0.2) is 21.2 Å². The third kappa shape index (κ3) is 1.66. The van der Waals surface area contributed by atoms with Gasteiger partial charge in [0.05, 0.1) is 11.9 Å². The molecule has 3 nitrogen and oxygen atoms in total. The largest absolute Gasteiger partial charge is 0.270 e. The normalized spacial score (nSPS) is 15.7. The third-order valence-electron chi connectivity index (χ3n) is 2.29. The van der Waals surface area contributed by atoms with Crippen LogP contribution in [0.5, 0.6) is 0 Å². The molecule has 1 aromatic carbocycles. The smallest absolute Gasteiger partial charge is 0.232 e. The van der Waals surface area contributed by atoms with Crippen LogP contribution in [0.1, 0.15) is 5.56 Å².